The summed E-state index contributed by atoms with van der Waals surface area (Å²) in [4.78, 5) is 143. The van der Waals surface area contributed by atoms with Crippen LogP contribution in [0.2, 0.25) is 0 Å². The number of urea groups is 3. The van der Waals surface area contributed by atoms with Gasteiger partial charge in [-0.1, -0.05) is 69.2 Å². The number of ether oxygens (including phenoxy) is 1. The number of carbonyl (C=O) groups excluding carboxylic acids is 11. The van der Waals surface area contributed by atoms with E-state index in [9.17, 15) is 52.7 Å². The molecule has 0 aliphatic rings. The molecule has 0 radical (unpaired) electrons. The third-order valence-electron chi connectivity index (χ3n) is 11.6. The van der Waals surface area contributed by atoms with E-state index >= 15 is 0 Å². The lowest BCUT2D eigenvalue weighted by molar-refractivity contribution is -0.135. The molecule has 78 heavy (non-hydrogen) atoms. The van der Waals surface area contributed by atoms with E-state index in [1.54, 1.807) is 27.7 Å². The van der Waals surface area contributed by atoms with E-state index < -0.39 is 132 Å². The van der Waals surface area contributed by atoms with Crippen molar-refractivity contribution in [3.05, 3.63) is 0 Å². The molecule has 14 amide bonds. The summed E-state index contributed by atoms with van der Waals surface area (Å²) >= 11 is 0. The lowest BCUT2D eigenvalue weighted by atomic mass is 10.0. The van der Waals surface area contributed by atoms with E-state index in [-0.39, 0.29) is 68.5 Å². The van der Waals surface area contributed by atoms with Gasteiger partial charge in [0.15, 0.2) is 0 Å². The first kappa shape index (κ1) is 71.4. The monoisotopic (exact) mass is 1110 g/mol. The Morgan fingerprint density at radius 1 is 0.385 bits per heavy atom. The van der Waals surface area contributed by atoms with Crippen molar-refractivity contribution in [3.8, 4) is 0 Å². The SMILES string of the molecule is CC(C)C[C@@H](CNC(=O)N[C@@H](C)C(=O)N[C@@H](CC(C)C)C(=O)N[C@@H](C)C(=O)N[C@@H](CC(C)C)C(=O)N[C@@H](C)C(=O)N[C@@H](CC(C)C)C(=O)N[C@@H](C)C(N)=O)NC(=O)NC[C@H](C)NC(=O)NC[C@@H](NC(=O)OC(C)(C)C)C(C)C. The minimum Gasteiger partial charge on any atom is -0.444 e. The number of amides is 14. The molecule has 10 atom stereocenters. The van der Waals surface area contributed by atoms with Crippen LogP contribution in [0, 0.1) is 29.6 Å². The molecule has 15 N–H and O–H groups in total. The molecule has 0 saturated heterocycles. The Labute approximate surface area is 462 Å². The lowest BCUT2D eigenvalue weighted by Gasteiger charge is -2.27. The molecule has 26 heteroatoms. The van der Waals surface area contributed by atoms with Gasteiger partial charge >= 0.3 is 24.2 Å². The molecule has 0 aromatic heterocycles. The maximum absolute atomic E-state index is 13.6. The molecule has 0 rings (SSSR count). The van der Waals surface area contributed by atoms with E-state index in [0.717, 1.165) is 0 Å². The van der Waals surface area contributed by atoms with Crippen LogP contribution in [-0.2, 0) is 38.3 Å². The van der Waals surface area contributed by atoms with Crippen molar-refractivity contribution in [2.75, 3.05) is 19.6 Å². The number of primary amides is 1. The van der Waals surface area contributed by atoms with Crippen LogP contribution in [-0.4, -0.2) is 151 Å². The van der Waals surface area contributed by atoms with Crippen LogP contribution in [0.1, 0.15) is 150 Å². The maximum atomic E-state index is 13.6. The van der Waals surface area contributed by atoms with E-state index in [1.165, 1.54) is 27.7 Å². The molecule has 0 aliphatic carbocycles. The standard InChI is InChI=1S/C52H98N14O12/c1-26(2)19-36(62-50(76)54-23-31(11)57-48(74)56-25-40(30(9)10)66-51(77)78-52(16,17)18)24-55-49(75)61-35(15)44(70)65-39(22-29(7)8)47(73)60-34(14)43(69)64-38(21-28(5)6)46(72)59-33(13)42(68)63-37(20-27(3)4)45(71)58-32(12)41(53)67/h26-40H,19-25H2,1-18H3,(H2,53,67)(H,58,71)(H,59,72)(H,60,73)(H,63,68)(H,64,69)(H,65,70)(H,66,77)(H2,54,62,76)(H2,55,61,75)(H2,56,57,74)/t31-,32-,33-,34-,35-,36-,37-,38-,39-,40+/m0/s1. The highest BCUT2D eigenvalue weighted by atomic mass is 16.6. The summed E-state index contributed by atoms with van der Waals surface area (Å²) in [6, 6.07) is -11.0. The van der Waals surface area contributed by atoms with Gasteiger partial charge in [0.2, 0.25) is 41.4 Å². The van der Waals surface area contributed by atoms with Gasteiger partial charge in [0.1, 0.15) is 47.9 Å². The molecular weight excluding hydrogens is 1010 g/mol. The fourth-order valence-electron chi connectivity index (χ4n) is 7.36. The molecule has 0 heterocycles. The second-order valence-corrected chi connectivity index (χ2v) is 23.2. The number of hydrogen-bond acceptors (Lipinski definition) is 12. The average Bonchev–Trinajstić information content (AvgIpc) is 3.28. The van der Waals surface area contributed by atoms with Crippen LogP contribution < -0.4 is 74.9 Å². The summed E-state index contributed by atoms with van der Waals surface area (Å²) in [7, 11) is 0. The minimum atomic E-state index is -1.20. The Morgan fingerprint density at radius 3 is 1.10 bits per heavy atom. The Balaban J connectivity index is 5.50. The Morgan fingerprint density at radius 2 is 0.731 bits per heavy atom. The first-order chi connectivity index (χ1) is 35.9. The lowest BCUT2D eigenvalue weighted by Crippen LogP contribution is -2.59. The second kappa shape index (κ2) is 35.0. The molecule has 26 nitrogen and oxygen atoms in total. The first-order valence-corrected chi connectivity index (χ1v) is 27.1. The molecule has 0 aromatic rings. The van der Waals surface area contributed by atoms with Crippen LogP contribution in [0.4, 0.5) is 19.2 Å². The Kier molecular flexibility index (Phi) is 32.0. The van der Waals surface area contributed by atoms with Gasteiger partial charge in [0.05, 0.1) is 6.04 Å². The van der Waals surface area contributed by atoms with Gasteiger partial charge in [-0.15, -0.1) is 0 Å². The topological polar surface area (TPSA) is 379 Å². The van der Waals surface area contributed by atoms with Gasteiger partial charge in [-0.25, -0.2) is 19.2 Å². The van der Waals surface area contributed by atoms with Crippen molar-refractivity contribution in [1.82, 2.24) is 69.1 Å². The molecule has 0 bridgehead atoms. The number of nitrogens with one attached hydrogen (secondary N) is 13. The summed E-state index contributed by atoms with van der Waals surface area (Å²) in [5.74, 6) is -5.02. The fraction of sp³-hybridized carbons (Fsp3) is 0.788. The number of nitrogens with two attached hydrogens (primary N) is 1. The van der Waals surface area contributed by atoms with Crippen LogP contribution in [0.5, 0.6) is 0 Å². The number of carbonyl (C=O) groups is 11. The van der Waals surface area contributed by atoms with Gasteiger partial charge in [-0.2, -0.15) is 0 Å². The maximum Gasteiger partial charge on any atom is 0.407 e. The molecule has 0 spiro atoms. The zero-order valence-electron chi connectivity index (χ0n) is 49.6. The number of rotatable bonds is 32. The zero-order chi connectivity index (χ0) is 60.4. The molecule has 0 aliphatic heterocycles. The van der Waals surface area contributed by atoms with Crippen molar-refractivity contribution >= 4 is 65.5 Å². The number of hydrogen-bond donors (Lipinski definition) is 14. The molecule has 0 saturated carbocycles. The fourth-order valence-corrected chi connectivity index (χ4v) is 7.36. The second-order valence-electron chi connectivity index (χ2n) is 23.2. The van der Waals surface area contributed by atoms with Gasteiger partial charge < -0.3 is 79.6 Å². The van der Waals surface area contributed by atoms with Gasteiger partial charge in [-0.05, 0) is 111 Å². The minimum absolute atomic E-state index is 0.0120. The van der Waals surface area contributed by atoms with Crippen molar-refractivity contribution in [3.63, 3.8) is 0 Å². The van der Waals surface area contributed by atoms with E-state index in [1.807, 2.05) is 69.2 Å². The average molecular weight is 1110 g/mol. The van der Waals surface area contributed by atoms with Crippen LogP contribution in [0.15, 0.2) is 0 Å². The number of alkyl carbamates (subject to hydrolysis) is 1. The summed E-state index contributed by atoms with van der Waals surface area (Å²) in [5.41, 5.74) is 4.60. The third kappa shape index (κ3) is 31.6. The van der Waals surface area contributed by atoms with Gasteiger partial charge in [0, 0.05) is 31.7 Å². The van der Waals surface area contributed by atoms with E-state index in [4.69, 9.17) is 10.5 Å². The smallest absolute Gasteiger partial charge is 0.407 e. The zero-order valence-corrected chi connectivity index (χ0v) is 49.6. The molecule has 448 valence electrons. The normalized spacial score (nSPS) is 15.3. The van der Waals surface area contributed by atoms with Crippen LogP contribution in [0.25, 0.3) is 0 Å². The van der Waals surface area contributed by atoms with Crippen molar-refractivity contribution < 1.29 is 57.5 Å². The largest absolute Gasteiger partial charge is 0.444 e. The Hall–Kier alpha value is -6.63. The van der Waals surface area contributed by atoms with E-state index in [2.05, 4.69) is 69.1 Å². The molecule has 0 aromatic carbocycles. The van der Waals surface area contributed by atoms with E-state index in [0.29, 0.717) is 6.42 Å². The van der Waals surface area contributed by atoms with Crippen molar-refractivity contribution in [1.29, 1.82) is 0 Å². The molecular formula is C52H98N14O12. The predicted molar refractivity (Wildman–Crippen MR) is 296 cm³/mol. The summed E-state index contributed by atoms with van der Waals surface area (Å²) < 4.78 is 5.32. The summed E-state index contributed by atoms with van der Waals surface area (Å²) in [5, 5.41) is 34.6. The van der Waals surface area contributed by atoms with Gasteiger partial charge in [-0.3, -0.25) is 33.6 Å². The van der Waals surface area contributed by atoms with Crippen molar-refractivity contribution in [2.24, 2.45) is 35.3 Å². The highest BCUT2D eigenvalue weighted by molar-refractivity contribution is 5.97. The quantitative estimate of drug-likeness (QED) is 0.0452. The third-order valence-corrected chi connectivity index (χ3v) is 11.6. The summed E-state index contributed by atoms with van der Waals surface area (Å²) in [6.07, 6.45) is 0.425. The first-order valence-electron chi connectivity index (χ1n) is 27.1. The van der Waals surface area contributed by atoms with Crippen LogP contribution >= 0.6 is 0 Å². The highest BCUT2D eigenvalue weighted by Crippen LogP contribution is 2.12. The predicted octanol–water partition coefficient (Wildman–Crippen LogP) is 1.22. The summed E-state index contributed by atoms with van der Waals surface area (Å²) in [6.45, 7) is 31.5. The molecule has 0 fully saturated rings. The van der Waals surface area contributed by atoms with Crippen molar-refractivity contribution in [2.45, 2.75) is 216 Å². The van der Waals surface area contributed by atoms with Crippen LogP contribution in [0.3, 0.4) is 0 Å². The highest BCUT2D eigenvalue weighted by Gasteiger charge is 2.32. The van der Waals surface area contributed by atoms with Gasteiger partial charge in [0.25, 0.3) is 0 Å². The Bertz CT molecular complexity index is 2000. The molecule has 0 unspecified atom stereocenters.